The van der Waals surface area contributed by atoms with E-state index in [0.29, 0.717) is 18.5 Å². The SMILES string of the molecule is O=c1ccc(C2CC2)nn1CC1CCCN1CC1(O)CCC1. The van der Waals surface area contributed by atoms with Gasteiger partial charge in [0, 0.05) is 24.6 Å². The van der Waals surface area contributed by atoms with Gasteiger partial charge in [0.15, 0.2) is 0 Å². The standard InChI is InChI=1S/C17H25N3O2/c21-16-7-6-15(13-4-5-13)18-20(16)11-14-3-1-10-19(14)12-17(22)8-2-9-17/h6-7,13-14,22H,1-5,8-12H2. The molecule has 2 aliphatic carbocycles. The van der Waals surface area contributed by atoms with Crippen molar-refractivity contribution >= 4 is 0 Å². The molecule has 5 heteroatoms. The minimum absolute atomic E-state index is 0.00129. The highest BCUT2D eigenvalue weighted by Gasteiger charge is 2.39. The Balaban J connectivity index is 1.47. The Bertz CT molecular complexity index is 604. The van der Waals surface area contributed by atoms with E-state index >= 15 is 0 Å². The van der Waals surface area contributed by atoms with Crippen molar-refractivity contribution in [3.63, 3.8) is 0 Å². The molecule has 2 heterocycles. The first-order valence-electron chi connectivity index (χ1n) is 8.67. The predicted octanol–water partition coefficient (Wildman–Crippen LogP) is 1.50. The van der Waals surface area contributed by atoms with Gasteiger partial charge in [0.05, 0.1) is 17.8 Å². The molecule has 1 atom stereocenters. The lowest BCUT2D eigenvalue weighted by Gasteiger charge is -2.41. The summed E-state index contributed by atoms with van der Waals surface area (Å²) in [6.45, 7) is 2.45. The molecule has 3 aliphatic rings. The molecule has 0 radical (unpaired) electrons. The van der Waals surface area contributed by atoms with Crippen molar-refractivity contribution in [2.24, 2.45) is 0 Å². The number of nitrogens with zero attached hydrogens (tertiary/aromatic N) is 3. The van der Waals surface area contributed by atoms with Crippen LogP contribution >= 0.6 is 0 Å². The first kappa shape index (κ1) is 14.4. The quantitative estimate of drug-likeness (QED) is 0.895. The molecule has 4 rings (SSSR count). The Hall–Kier alpha value is -1.20. The summed E-state index contributed by atoms with van der Waals surface area (Å²) >= 11 is 0. The van der Waals surface area contributed by atoms with Gasteiger partial charge in [-0.05, 0) is 57.6 Å². The van der Waals surface area contributed by atoms with Gasteiger partial charge in [-0.1, -0.05) is 0 Å². The van der Waals surface area contributed by atoms with Crippen molar-refractivity contribution in [1.29, 1.82) is 0 Å². The maximum absolute atomic E-state index is 12.1. The van der Waals surface area contributed by atoms with Crippen molar-refractivity contribution in [1.82, 2.24) is 14.7 Å². The molecule has 1 N–H and O–H groups in total. The topological polar surface area (TPSA) is 58.4 Å². The van der Waals surface area contributed by atoms with Crippen LogP contribution in [0.3, 0.4) is 0 Å². The fourth-order valence-electron chi connectivity index (χ4n) is 3.82. The average Bonchev–Trinajstić information content (AvgIpc) is 3.23. The van der Waals surface area contributed by atoms with Gasteiger partial charge in [-0.2, -0.15) is 5.10 Å². The van der Waals surface area contributed by atoms with Crippen LogP contribution in [0.15, 0.2) is 16.9 Å². The summed E-state index contributed by atoms with van der Waals surface area (Å²) in [5.41, 5.74) is 0.594. The van der Waals surface area contributed by atoms with E-state index in [4.69, 9.17) is 0 Å². The van der Waals surface area contributed by atoms with Gasteiger partial charge in [-0.15, -0.1) is 0 Å². The van der Waals surface area contributed by atoms with E-state index in [2.05, 4.69) is 10.00 Å². The Morgan fingerprint density at radius 3 is 2.73 bits per heavy atom. The number of aromatic nitrogens is 2. The molecular weight excluding hydrogens is 278 g/mol. The molecule has 0 aromatic carbocycles. The Morgan fingerprint density at radius 1 is 1.23 bits per heavy atom. The zero-order valence-electron chi connectivity index (χ0n) is 13.1. The molecule has 3 fully saturated rings. The van der Waals surface area contributed by atoms with Crippen molar-refractivity contribution in [2.45, 2.75) is 69.1 Å². The molecule has 0 bridgehead atoms. The third-order valence-corrected chi connectivity index (χ3v) is 5.55. The van der Waals surface area contributed by atoms with Gasteiger partial charge < -0.3 is 5.11 Å². The third-order valence-electron chi connectivity index (χ3n) is 5.55. The molecule has 1 unspecified atom stereocenters. The highest BCUT2D eigenvalue weighted by atomic mass is 16.3. The number of aliphatic hydroxyl groups is 1. The van der Waals surface area contributed by atoms with Crippen LogP contribution < -0.4 is 5.56 Å². The first-order chi connectivity index (χ1) is 10.6. The number of likely N-dealkylation sites (tertiary alicyclic amines) is 1. The Kier molecular flexibility index (Phi) is 3.57. The lowest BCUT2D eigenvalue weighted by Crippen LogP contribution is -2.50. The molecule has 1 aliphatic heterocycles. The van der Waals surface area contributed by atoms with E-state index in [1.54, 1.807) is 10.7 Å². The van der Waals surface area contributed by atoms with Crippen LogP contribution in [-0.4, -0.2) is 44.5 Å². The summed E-state index contributed by atoms with van der Waals surface area (Å²) in [7, 11) is 0. The molecule has 2 saturated carbocycles. The van der Waals surface area contributed by atoms with Crippen LogP contribution in [-0.2, 0) is 6.54 Å². The Labute approximate surface area is 130 Å². The van der Waals surface area contributed by atoms with E-state index in [1.807, 2.05) is 6.07 Å². The van der Waals surface area contributed by atoms with Crippen molar-refractivity contribution in [2.75, 3.05) is 13.1 Å². The highest BCUT2D eigenvalue weighted by Crippen LogP contribution is 2.38. The first-order valence-corrected chi connectivity index (χ1v) is 8.67. The fraction of sp³-hybridized carbons (Fsp3) is 0.765. The van der Waals surface area contributed by atoms with Crippen LogP contribution in [0.1, 0.15) is 56.6 Å². The monoisotopic (exact) mass is 303 g/mol. The average molecular weight is 303 g/mol. The minimum Gasteiger partial charge on any atom is -0.389 e. The number of rotatable bonds is 5. The predicted molar refractivity (Wildman–Crippen MR) is 83.9 cm³/mol. The van der Waals surface area contributed by atoms with Crippen molar-refractivity contribution in [3.05, 3.63) is 28.2 Å². The molecule has 22 heavy (non-hydrogen) atoms. The van der Waals surface area contributed by atoms with Gasteiger partial charge in [-0.3, -0.25) is 9.69 Å². The second-order valence-electron chi connectivity index (χ2n) is 7.40. The van der Waals surface area contributed by atoms with E-state index in [1.165, 1.54) is 12.8 Å². The minimum atomic E-state index is -0.475. The number of hydrogen-bond acceptors (Lipinski definition) is 4. The van der Waals surface area contributed by atoms with Crippen LogP contribution in [0.4, 0.5) is 0 Å². The maximum Gasteiger partial charge on any atom is 0.266 e. The molecule has 5 nitrogen and oxygen atoms in total. The smallest absolute Gasteiger partial charge is 0.266 e. The van der Waals surface area contributed by atoms with Crippen molar-refractivity contribution < 1.29 is 5.11 Å². The summed E-state index contributed by atoms with van der Waals surface area (Å²) in [5.74, 6) is 0.571. The normalized spacial score (nSPS) is 27.8. The van der Waals surface area contributed by atoms with Gasteiger partial charge in [0.2, 0.25) is 0 Å². The number of β-amino-alcohol motifs (C(OH)–C–C–N with tert-alkyl or cyclic N) is 1. The van der Waals surface area contributed by atoms with E-state index in [-0.39, 0.29) is 5.56 Å². The molecule has 1 aromatic rings. The second-order valence-corrected chi connectivity index (χ2v) is 7.40. The molecular formula is C17H25N3O2. The van der Waals surface area contributed by atoms with Crippen molar-refractivity contribution in [3.8, 4) is 0 Å². The highest BCUT2D eigenvalue weighted by molar-refractivity contribution is 5.12. The molecule has 1 saturated heterocycles. The molecule has 120 valence electrons. The number of hydrogen-bond donors (Lipinski definition) is 1. The van der Waals surface area contributed by atoms with Crippen LogP contribution in [0.2, 0.25) is 0 Å². The molecule has 0 spiro atoms. The summed E-state index contributed by atoms with van der Waals surface area (Å²) in [4.78, 5) is 14.5. The zero-order chi connectivity index (χ0) is 15.2. The van der Waals surface area contributed by atoms with Gasteiger partial charge in [0.1, 0.15) is 0 Å². The second kappa shape index (κ2) is 5.46. The summed E-state index contributed by atoms with van der Waals surface area (Å²) in [6.07, 6.45) is 7.63. The maximum atomic E-state index is 12.1. The summed E-state index contributed by atoms with van der Waals surface area (Å²) in [5, 5.41) is 15.0. The molecule has 1 aromatic heterocycles. The zero-order valence-corrected chi connectivity index (χ0v) is 13.1. The summed E-state index contributed by atoms with van der Waals surface area (Å²) < 4.78 is 1.65. The van der Waals surface area contributed by atoms with Crippen LogP contribution in [0, 0.1) is 0 Å². The van der Waals surface area contributed by atoms with E-state index in [9.17, 15) is 9.90 Å². The summed E-state index contributed by atoms with van der Waals surface area (Å²) in [6, 6.07) is 3.89. The van der Waals surface area contributed by atoms with Crippen LogP contribution in [0.25, 0.3) is 0 Å². The lowest BCUT2D eigenvalue weighted by atomic mass is 9.80. The van der Waals surface area contributed by atoms with Gasteiger partial charge in [-0.25, -0.2) is 4.68 Å². The fourth-order valence-corrected chi connectivity index (χ4v) is 3.82. The third kappa shape index (κ3) is 2.84. The van der Waals surface area contributed by atoms with Gasteiger partial charge in [0.25, 0.3) is 5.56 Å². The lowest BCUT2D eigenvalue weighted by molar-refractivity contribution is -0.0622. The van der Waals surface area contributed by atoms with E-state index < -0.39 is 5.60 Å². The molecule has 0 amide bonds. The van der Waals surface area contributed by atoms with Gasteiger partial charge >= 0.3 is 0 Å². The van der Waals surface area contributed by atoms with E-state index in [0.717, 1.165) is 50.9 Å². The Morgan fingerprint density at radius 2 is 2.05 bits per heavy atom. The van der Waals surface area contributed by atoms with Crippen LogP contribution in [0.5, 0.6) is 0 Å². The largest absolute Gasteiger partial charge is 0.389 e.